The van der Waals surface area contributed by atoms with Gasteiger partial charge in [0.25, 0.3) is 0 Å². The molecule has 0 N–H and O–H groups in total. The zero-order valence-electron chi connectivity index (χ0n) is 11.9. The van der Waals surface area contributed by atoms with Crippen LogP contribution < -0.4 is 0 Å². The molecule has 1 rings (SSSR count). The number of amides is 1. The Morgan fingerprint density at radius 1 is 1.42 bits per heavy atom. The Morgan fingerprint density at radius 3 is 2.42 bits per heavy atom. The van der Waals surface area contributed by atoms with Crippen molar-refractivity contribution in [3.8, 4) is 0 Å². The first-order chi connectivity index (χ1) is 8.66. The van der Waals surface area contributed by atoms with Crippen molar-refractivity contribution in [1.82, 2.24) is 10.1 Å². The minimum atomic E-state index is -3.44. The van der Waals surface area contributed by atoms with Crippen molar-refractivity contribution in [1.29, 1.82) is 0 Å². The predicted molar refractivity (Wildman–Crippen MR) is 71.2 cm³/mol. The first kappa shape index (κ1) is 15.7. The molecule has 0 aromatic carbocycles. The molecular formula is C12H20N2O4S. The van der Waals surface area contributed by atoms with Crippen LogP contribution in [-0.2, 0) is 21.2 Å². The number of aromatic nitrogens is 1. The van der Waals surface area contributed by atoms with Crippen LogP contribution in [-0.4, -0.2) is 41.9 Å². The average Bonchev–Trinajstić information content (AvgIpc) is 2.72. The lowest BCUT2D eigenvalue weighted by Gasteiger charge is -2.21. The van der Waals surface area contributed by atoms with Crippen LogP contribution in [0.4, 0.5) is 0 Å². The molecule has 0 aliphatic heterocycles. The maximum atomic E-state index is 12.1. The molecule has 0 bridgehead atoms. The van der Waals surface area contributed by atoms with Crippen molar-refractivity contribution in [2.24, 2.45) is 0 Å². The Hall–Kier alpha value is -1.37. The van der Waals surface area contributed by atoms with Crippen LogP contribution in [0, 0.1) is 6.92 Å². The first-order valence-electron chi connectivity index (χ1n) is 6.06. The van der Waals surface area contributed by atoms with Gasteiger partial charge in [0.1, 0.15) is 16.7 Å². The van der Waals surface area contributed by atoms with Crippen LogP contribution in [0.25, 0.3) is 0 Å². The van der Waals surface area contributed by atoms with Crippen LogP contribution in [0.3, 0.4) is 0 Å². The quantitative estimate of drug-likeness (QED) is 0.812. The van der Waals surface area contributed by atoms with E-state index in [1.165, 1.54) is 11.8 Å². The monoisotopic (exact) mass is 288 g/mol. The molecule has 1 aromatic rings. The predicted octanol–water partition coefficient (Wildman–Crippen LogP) is 1.15. The van der Waals surface area contributed by atoms with Crippen molar-refractivity contribution < 1.29 is 17.7 Å². The van der Waals surface area contributed by atoms with Crippen LogP contribution >= 0.6 is 0 Å². The number of aryl methyl sites for hydroxylation is 1. The van der Waals surface area contributed by atoms with Gasteiger partial charge in [-0.15, -0.1) is 0 Å². The minimum absolute atomic E-state index is 0.230. The van der Waals surface area contributed by atoms with Crippen molar-refractivity contribution in [3.05, 3.63) is 17.5 Å². The molecule has 0 saturated heterocycles. The summed E-state index contributed by atoms with van der Waals surface area (Å²) in [7, 11) is -1.89. The fourth-order valence-corrected chi connectivity index (χ4v) is 2.95. The lowest BCUT2D eigenvalue weighted by molar-refractivity contribution is -0.129. The maximum Gasteiger partial charge on any atom is 0.240 e. The summed E-state index contributed by atoms with van der Waals surface area (Å²) in [5.74, 6) is 0.216. The van der Waals surface area contributed by atoms with Gasteiger partial charge >= 0.3 is 0 Å². The van der Waals surface area contributed by atoms with Gasteiger partial charge in [-0.25, -0.2) is 8.42 Å². The molecule has 1 atom stereocenters. The summed E-state index contributed by atoms with van der Waals surface area (Å²) in [4.78, 5) is 13.4. The fraction of sp³-hybridized carbons (Fsp3) is 0.667. The molecule has 7 heteroatoms. The maximum absolute atomic E-state index is 12.1. The summed E-state index contributed by atoms with van der Waals surface area (Å²) in [5, 5.41) is 2.15. The van der Waals surface area contributed by atoms with E-state index in [2.05, 4.69) is 5.16 Å². The highest BCUT2D eigenvalue weighted by Crippen LogP contribution is 2.13. The summed E-state index contributed by atoms with van der Waals surface area (Å²) < 4.78 is 28.8. The van der Waals surface area contributed by atoms with Crippen molar-refractivity contribution in [2.75, 3.05) is 7.05 Å². The van der Waals surface area contributed by atoms with Crippen LogP contribution in [0.15, 0.2) is 10.6 Å². The largest absolute Gasteiger partial charge is 0.361 e. The van der Waals surface area contributed by atoms with Gasteiger partial charge in [-0.2, -0.15) is 0 Å². The second-order valence-electron chi connectivity index (χ2n) is 4.90. The second-order valence-corrected chi connectivity index (χ2v) is 7.73. The zero-order chi connectivity index (χ0) is 14.8. The summed E-state index contributed by atoms with van der Waals surface area (Å²) in [6, 6.07) is 1.71. The van der Waals surface area contributed by atoms with Crippen molar-refractivity contribution in [3.63, 3.8) is 0 Å². The number of rotatable bonds is 5. The van der Waals surface area contributed by atoms with Gasteiger partial charge in [0.05, 0.1) is 11.8 Å². The Balaban J connectivity index is 2.77. The van der Waals surface area contributed by atoms with Crippen molar-refractivity contribution >= 4 is 15.7 Å². The molecule has 0 fully saturated rings. The van der Waals surface area contributed by atoms with Gasteiger partial charge in [-0.05, 0) is 27.7 Å². The zero-order valence-corrected chi connectivity index (χ0v) is 12.7. The topological polar surface area (TPSA) is 80.5 Å². The van der Waals surface area contributed by atoms with E-state index < -0.39 is 26.2 Å². The smallest absolute Gasteiger partial charge is 0.240 e. The molecule has 1 heterocycles. The third-order valence-corrected chi connectivity index (χ3v) is 5.45. The standard InChI is InChI=1S/C12H20N2O4S/c1-8(2)19(16,17)10(4)12(15)14(5)7-11-6-9(3)18-13-11/h6,8,10H,7H2,1-5H3/t10-/m0/s1. The number of sulfone groups is 1. The van der Waals surface area contributed by atoms with Gasteiger partial charge in [0, 0.05) is 13.1 Å². The van der Waals surface area contributed by atoms with Gasteiger partial charge in [0.2, 0.25) is 5.91 Å². The van der Waals surface area contributed by atoms with E-state index in [1.807, 2.05) is 0 Å². The molecule has 0 aliphatic rings. The van der Waals surface area contributed by atoms with Gasteiger partial charge in [0.15, 0.2) is 9.84 Å². The van der Waals surface area contributed by atoms with Gasteiger partial charge in [-0.1, -0.05) is 5.16 Å². The highest BCUT2D eigenvalue weighted by molar-refractivity contribution is 7.93. The molecule has 0 radical (unpaired) electrons. The second kappa shape index (κ2) is 5.73. The molecule has 6 nitrogen and oxygen atoms in total. The molecule has 0 saturated carbocycles. The molecule has 0 spiro atoms. The normalized spacial score (nSPS) is 13.6. The van der Waals surface area contributed by atoms with E-state index in [0.29, 0.717) is 11.5 Å². The van der Waals surface area contributed by atoms with Gasteiger partial charge in [-0.3, -0.25) is 4.79 Å². The van der Waals surface area contributed by atoms with E-state index in [-0.39, 0.29) is 6.54 Å². The van der Waals surface area contributed by atoms with Crippen molar-refractivity contribution in [2.45, 2.75) is 44.7 Å². The SMILES string of the molecule is Cc1cc(CN(C)C(=O)[C@H](C)S(=O)(=O)C(C)C)no1. The van der Waals surface area contributed by atoms with E-state index in [9.17, 15) is 13.2 Å². The Bertz CT molecular complexity index is 548. The molecular weight excluding hydrogens is 268 g/mol. The lowest BCUT2D eigenvalue weighted by Crippen LogP contribution is -2.41. The van der Waals surface area contributed by atoms with Crippen LogP contribution in [0.1, 0.15) is 32.2 Å². The molecule has 0 unspecified atom stereocenters. The summed E-state index contributed by atoms with van der Waals surface area (Å²) in [5.41, 5.74) is 0.600. The first-order valence-corrected chi connectivity index (χ1v) is 7.67. The molecule has 1 aromatic heterocycles. The third kappa shape index (κ3) is 3.56. The Labute approximate surface area is 113 Å². The van der Waals surface area contributed by atoms with Crippen LogP contribution in [0.2, 0.25) is 0 Å². The summed E-state index contributed by atoms with van der Waals surface area (Å²) in [6.45, 7) is 6.54. The Morgan fingerprint density at radius 2 is 2.00 bits per heavy atom. The minimum Gasteiger partial charge on any atom is -0.361 e. The van der Waals surface area contributed by atoms with E-state index in [0.717, 1.165) is 0 Å². The number of nitrogens with zero attached hydrogens (tertiary/aromatic N) is 2. The third-order valence-electron chi connectivity index (χ3n) is 2.95. The highest BCUT2D eigenvalue weighted by Gasteiger charge is 2.32. The van der Waals surface area contributed by atoms with E-state index >= 15 is 0 Å². The fourth-order valence-electron chi connectivity index (χ4n) is 1.67. The molecule has 0 aliphatic carbocycles. The van der Waals surface area contributed by atoms with Crippen LogP contribution in [0.5, 0.6) is 0 Å². The molecule has 1 amide bonds. The number of hydrogen-bond donors (Lipinski definition) is 0. The molecule has 108 valence electrons. The highest BCUT2D eigenvalue weighted by atomic mass is 32.2. The number of hydrogen-bond acceptors (Lipinski definition) is 5. The summed E-state index contributed by atoms with van der Waals surface area (Å²) >= 11 is 0. The average molecular weight is 288 g/mol. The van der Waals surface area contributed by atoms with E-state index in [1.54, 1.807) is 33.9 Å². The van der Waals surface area contributed by atoms with E-state index in [4.69, 9.17) is 4.52 Å². The lowest BCUT2D eigenvalue weighted by atomic mass is 10.3. The Kier molecular flexibility index (Phi) is 4.73. The molecule has 19 heavy (non-hydrogen) atoms. The number of carbonyl (C=O) groups excluding carboxylic acids is 1. The van der Waals surface area contributed by atoms with Gasteiger partial charge < -0.3 is 9.42 Å². The number of carbonyl (C=O) groups is 1. The summed E-state index contributed by atoms with van der Waals surface area (Å²) in [6.07, 6.45) is 0.